The maximum atomic E-state index is 12.8. The highest BCUT2D eigenvalue weighted by Gasteiger charge is 2.22. The van der Waals surface area contributed by atoms with Gasteiger partial charge in [-0.05, 0) is 55.8 Å². The van der Waals surface area contributed by atoms with E-state index in [4.69, 9.17) is 16.3 Å². The third-order valence-electron chi connectivity index (χ3n) is 4.98. The fraction of sp³-hybridized carbons (Fsp3) is 0.200. The molecule has 1 amide bonds. The molecule has 0 saturated heterocycles. The number of carbonyl (C=O) groups is 1. The maximum absolute atomic E-state index is 12.8. The van der Waals surface area contributed by atoms with Crippen molar-refractivity contribution in [2.45, 2.75) is 30.7 Å². The number of nitrogens with one attached hydrogen (secondary N) is 1. The number of aromatic nitrogens is 4. The van der Waals surface area contributed by atoms with Crippen LogP contribution < -0.4 is 10.1 Å². The predicted octanol–water partition coefficient (Wildman–Crippen LogP) is 5.42. The third kappa shape index (κ3) is 5.76. The Morgan fingerprint density at radius 1 is 1.09 bits per heavy atom. The number of thioether (sulfide) groups is 1. The molecule has 0 fully saturated rings. The average Bonchev–Trinajstić information content (AvgIpc) is 3.23. The summed E-state index contributed by atoms with van der Waals surface area (Å²) in [5.41, 5.74) is 2.49. The van der Waals surface area contributed by atoms with Crippen molar-refractivity contribution in [3.05, 3.63) is 89.5 Å². The number of carbonyl (C=O) groups excluding carboxylic acids is 1. The molecule has 1 unspecified atom stereocenters. The van der Waals surface area contributed by atoms with Crippen LogP contribution in [-0.2, 0) is 11.2 Å². The van der Waals surface area contributed by atoms with Crippen LogP contribution in [0.15, 0.2) is 78.1 Å². The number of nitrogens with zero attached hydrogens (tertiary/aromatic N) is 4. The number of benzene rings is 2. The highest BCUT2D eigenvalue weighted by Crippen LogP contribution is 2.29. The highest BCUT2D eigenvalue weighted by molar-refractivity contribution is 8.00. The summed E-state index contributed by atoms with van der Waals surface area (Å²) in [5.74, 6) is 1.37. The van der Waals surface area contributed by atoms with Crippen LogP contribution in [0.25, 0.3) is 5.69 Å². The SMILES string of the molecule is CCOc1ccc(-n2c(Cc3ccccc3)nnc2SC(C)C(=O)Nc2cccnc2Cl)cc1. The molecule has 0 radical (unpaired) electrons. The molecule has 0 spiro atoms. The largest absolute Gasteiger partial charge is 0.494 e. The van der Waals surface area contributed by atoms with Gasteiger partial charge in [-0.3, -0.25) is 9.36 Å². The molecule has 34 heavy (non-hydrogen) atoms. The molecule has 174 valence electrons. The Balaban J connectivity index is 1.61. The van der Waals surface area contributed by atoms with E-state index in [1.165, 1.54) is 11.8 Å². The van der Waals surface area contributed by atoms with E-state index in [0.29, 0.717) is 23.9 Å². The van der Waals surface area contributed by atoms with Gasteiger partial charge in [0.2, 0.25) is 5.91 Å². The van der Waals surface area contributed by atoms with E-state index in [2.05, 4.69) is 32.6 Å². The molecule has 1 atom stereocenters. The summed E-state index contributed by atoms with van der Waals surface area (Å²) in [6, 6.07) is 21.3. The first-order valence-electron chi connectivity index (χ1n) is 10.8. The summed E-state index contributed by atoms with van der Waals surface area (Å²) in [5, 5.41) is 12.1. The first-order valence-corrected chi connectivity index (χ1v) is 12.1. The highest BCUT2D eigenvalue weighted by atomic mass is 35.5. The number of hydrogen-bond acceptors (Lipinski definition) is 6. The summed E-state index contributed by atoms with van der Waals surface area (Å²) in [4.78, 5) is 16.8. The molecule has 0 bridgehead atoms. The zero-order chi connectivity index (χ0) is 23.9. The Morgan fingerprint density at radius 2 is 1.85 bits per heavy atom. The first kappa shape index (κ1) is 23.8. The van der Waals surface area contributed by atoms with E-state index in [-0.39, 0.29) is 11.1 Å². The van der Waals surface area contributed by atoms with Crippen molar-refractivity contribution in [2.75, 3.05) is 11.9 Å². The van der Waals surface area contributed by atoms with Crippen LogP contribution in [0.1, 0.15) is 25.2 Å². The average molecular weight is 494 g/mol. The Kier molecular flexibility index (Phi) is 7.82. The Bertz CT molecular complexity index is 1250. The van der Waals surface area contributed by atoms with Crippen molar-refractivity contribution in [1.29, 1.82) is 0 Å². The number of halogens is 1. The monoisotopic (exact) mass is 493 g/mol. The summed E-state index contributed by atoms with van der Waals surface area (Å²) in [6.45, 7) is 4.36. The molecular formula is C25H24ClN5O2S. The maximum Gasteiger partial charge on any atom is 0.237 e. The number of anilines is 1. The summed E-state index contributed by atoms with van der Waals surface area (Å²) in [7, 11) is 0. The molecule has 0 saturated carbocycles. The molecule has 0 aliphatic carbocycles. The molecule has 2 aromatic carbocycles. The lowest BCUT2D eigenvalue weighted by Crippen LogP contribution is -2.23. The van der Waals surface area contributed by atoms with Crippen molar-refractivity contribution >= 4 is 35.0 Å². The van der Waals surface area contributed by atoms with Gasteiger partial charge < -0.3 is 10.1 Å². The van der Waals surface area contributed by atoms with Crippen LogP contribution in [0.2, 0.25) is 5.15 Å². The normalized spacial score (nSPS) is 11.7. The summed E-state index contributed by atoms with van der Waals surface area (Å²) in [6.07, 6.45) is 2.18. The number of pyridine rings is 1. The van der Waals surface area contributed by atoms with Crippen LogP contribution >= 0.6 is 23.4 Å². The number of ether oxygens (including phenoxy) is 1. The van der Waals surface area contributed by atoms with Gasteiger partial charge in [0.05, 0.1) is 17.5 Å². The molecule has 2 aromatic heterocycles. The number of hydrogen-bond donors (Lipinski definition) is 1. The molecular weight excluding hydrogens is 470 g/mol. The fourth-order valence-electron chi connectivity index (χ4n) is 3.31. The van der Waals surface area contributed by atoms with E-state index < -0.39 is 5.25 Å². The van der Waals surface area contributed by atoms with Gasteiger partial charge in [-0.1, -0.05) is 53.7 Å². The smallest absolute Gasteiger partial charge is 0.237 e. The van der Waals surface area contributed by atoms with Gasteiger partial charge in [-0.2, -0.15) is 0 Å². The Labute approximate surface area is 207 Å². The zero-order valence-corrected chi connectivity index (χ0v) is 20.4. The second kappa shape index (κ2) is 11.2. The van der Waals surface area contributed by atoms with Crippen LogP contribution in [-0.4, -0.2) is 37.5 Å². The van der Waals surface area contributed by atoms with Crippen LogP contribution in [0.5, 0.6) is 5.75 Å². The predicted molar refractivity (Wildman–Crippen MR) is 135 cm³/mol. The lowest BCUT2D eigenvalue weighted by Gasteiger charge is -2.15. The topological polar surface area (TPSA) is 81.9 Å². The number of rotatable bonds is 9. The van der Waals surface area contributed by atoms with Crippen molar-refractivity contribution < 1.29 is 9.53 Å². The van der Waals surface area contributed by atoms with E-state index >= 15 is 0 Å². The second-order valence-electron chi connectivity index (χ2n) is 7.41. The second-order valence-corrected chi connectivity index (χ2v) is 9.08. The standard InChI is InChI=1S/C25H24ClN5O2S/c1-3-33-20-13-11-19(12-14-20)31-22(16-18-8-5-4-6-9-18)29-30-25(31)34-17(2)24(32)28-21-10-7-15-27-23(21)26/h4-15,17H,3,16H2,1-2H3,(H,28,32). The van der Waals surface area contributed by atoms with E-state index in [0.717, 1.165) is 22.8 Å². The molecule has 1 N–H and O–H groups in total. The van der Waals surface area contributed by atoms with Crippen molar-refractivity contribution in [3.8, 4) is 11.4 Å². The van der Waals surface area contributed by atoms with Gasteiger partial charge in [0.25, 0.3) is 0 Å². The van der Waals surface area contributed by atoms with Crippen LogP contribution in [0.3, 0.4) is 0 Å². The molecule has 0 aliphatic rings. The first-order chi connectivity index (χ1) is 16.5. The lowest BCUT2D eigenvalue weighted by molar-refractivity contribution is -0.115. The van der Waals surface area contributed by atoms with Gasteiger partial charge in [-0.15, -0.1) is 10.2 Å². The summed E-state index contributed by atoms with van der Waals surface area (Å²) < 4.78 is 7.56. The van der Waals surface area contributed by atoms with Gasteiger partial charge in [0.1, 0.15) is 11.6 Å². The molecule has 9 heteroatoms. The van der Waals surface area contributed by atoms with E-state index in [1.54, 1.807) is 18.3 Å². The van der Waals surface area contributed by atoms with E-state index in [9.17, 15) is 4.79 Å². The van der Waals surface area contributed by atoms with Gasteiger partial charge in [0.15, 0.2) is 10.3 Å². The molecule has 4 rings (SSSR count). The molecule has 4 aromatic rings. The third-order valence-corrected chi connectivity index (χ3v) is 6.32. The van der Waals surface area contributed by atoms with Gasteiger partial charge >= 0.3 is 0 Å². The van der Waals surface area contributed by atoms with Gasteiger partial charge in [-0.25, -0.2) is 4.98 Å². The van der Waals surface area contributed by atoms with Crippen molar-refractivity contribution in [2.24, 2.45) is 0 Å². The minimum Gasteiger partial charge on any atom is -0.494 e. The molecule has 7 nitrogen and oxygen atoms in total. The van der Waals surface area contributed by atoms with Gasteiger partial charge in [0, 0.05) is 18.3 Å². The zero-order valence-electron chi connectivity index (χ0n) is 18.8. The molecule has 0 aliphatic heterocycles. The lowest BCUT2D eigenvalue weighted by atomic mass is 10.1. The van der Waals surface area contributed by atoms with Crippen molar-refractivity contribution in [1.82, 2.24) is 19.7 Å². The Hall–Kier alpha value is -3.36. The minimum absolute atomic E-state index is 0.203. The quantitative estimate of drug-likeness (QED) is 0.247. The van der Waals surface area contributed by atoms with Crippen molar-refractivity contribution in [3.63, 3.8) is 0 Å². The number of amides is 1. The molecule has 2 heterocycles. The fourth-order valence-corrected chi connectivity index (χ4v) is 4.37. The Morgan fingerprint density at radius 3 is 2.56 bits per heavy atom. The van der Waals surface area contributed by atoms with Crippen LogP contribution in [0.4, 0.5) is 5.69 Å². The van der Waals surface area contributed by atoms with Crippen LogP contribution in [0, 0.1) is 0 Å². The summed E-state index contributed by atoms with van der Waals surface area (Å²) >= 11 is 7.41. The van der Waals surface area contributed by atoms with E-state index in [1.807, 2.05) is 60.9 Å². The minimum atomic E-state index is -0.452.